The van der Waals surface area contributed by atoms with Gasteiger partial charge in [-0.1, -0.05) is 63.3 Å². The summed E-state index contributed by atoms with van der Waals surface area (Å²) in [6, 6.07) is 8.54. The monoisotopic (exact) mass is 258 g/mol. The molecule has 0 N–H and O–H groups in total. The van der Waals surface area contributed by atoms with Crippen LogP contribution in [0.1, 0.15) is 75.3 Å². The van der Waals surface area contributed by atoms with Crippen molar-refractivity contribution in [1.29, 1.82) is 0 Å². The summed E-state index contributed by atoms with van der Waals surface area (Å²) < 4.78 is 0. The lowest BCUT2D eigenvalue weighted by molar-refractivity contribution is -0.119. The van der Waals surface area contributed by atoms with Crippen LogP contribution in [0, 0.1) is 0 Å². The average Bonchev–Trinajstić information content (AvgIpc) is 2.40. The van der Waals surface area contributed by atoms with Crippen molar-refractivity contribution in [2.75, 3.05) is 0 Å². The van der Waals surface area contributed by atoms with Gasteiger partial charge in [0.15, 0.2) is 0 Å². The van der Waals surface area contributed by atoms with Crippen molar-refractivity contribution in [1.82, 2.24) is 0 Å². The Hall–Kier alpha value is -1.11. The van der Waals surface area contributed by atoms with Gasteiger partial charge in [-0.2, -0.15) is 0 Å². The lowest BCUT2D eigenvalue weighted by Crippen LogP contribution is -2.19. The van der Waals surface area contributed by atoms with E-state index in [1.165, 1.54) is 43.2 Å². The number of rotatable bonds is 9. The molecule has 1 aliphatic carbocycles. The van der Waals surface area contributed by atoms with Crippen LogP contribution in [0.25, 0.3) is 0 Å². The summed E-state index contributed by atoms with van der Waals surface area (Å²) in [6.45, 7) is 2.24. The molecule has 0 spiro atoms. The molecule has 1 unspecified atom stereocenters. The predicted octanol–water partition coefficient (Wildman–Crippen LogP) is 5.04. The molecule has 1 atom stereocenters. The minimum absolute atomic E-state index is 0.468. The maximum atomic E-state index is 11.9. The molecule has 1 aliphatic rings. The number of Topliss-reactive ketones (excluding diaryl/α,β-unsaturated/α-hetero) is 1. The molecule has 1 nitrogen and oxygen atoms in total. The number of unbranched alkanes of at least 4 members (excludes halogenated alkanes) is 5. The van der Waals surface area contributed by atoms with Gasteiger partial charge < -0.3 is 0 Å². The molecule has 104 valence electrons. The van der Waals surface area contributed by atoms with E-state index < -0.39 is 0 Å². The molecule has 1 aromatic carbocycles. The Morgan fingerprint density at radius 2 is 1.84 bits per heavy atom. The first-order chi connectivity index (χ1) is 9.31. The van der Waals surface area contributed by atoms with E-state index in [1.54, 1.807) is 0 Å². The number of hydrogen-bond acceptors (Lipinski definition) is 1. The highest BCUT2D eigenvalue weighted by Crippen LogP contribution is 2.37. The first-order valence-electron chi connectivity index (χ1n) is 7.90. The van der Waals surface area contributed by atoms with E-state index in [2.05, 4.69) is 31.2 Å². The number of ketones is 1. The van der Waals surface area contributed by atoms with Crippen LogP contribution in [0.15, 0.2) is 24.3 Å². The molecule has 0 fully saturated rings. The molecule has 0 heterocycles. The third-order valence-electron chi connectivity index (χ3n) is 4.24. The maximum Gasteiger partial charge on any atom is 0.133 e. The van der Waals surface area contributed by atoms with Gasteiger partial charge in [-0.3, -0.25) is 4.79 Å². The van der Waals surface area contributed by atoms with Crippen molar-refractivity contribution >= 4 is 5.78 Å². The van der Waals surface area contributed by atoms with Gasteiger partial charge >= 0.3 is 0 Å². The first-order valence-corrected chi connectivity index (χ1v) is 7.90. The Morgan fingerprint density at radius 3 is 2.63 bits per heavy atom. The second-order valence-corrected chi connectivity index (χ2v) is 5.86. The third-order valence-corrected chi connectivity index (χ3v) is 4.24. The largest absolute Gasteiger partial charge is 0.300 e. The molecule has 19 heavy (non-hydrogen) atoms. The number of benzene rings is 1. The smallest absolute Gasteiger partial charge is 0.133 e. The van der Waals surface area contributed by atoms with Gasteiger partial charge in [0, 0.05) is 12.8 Å². The van der Waals surface area contributed by atoms with Gasteiger partial charge in [0.25, 0.3) is 0 Å². The topological polar surface area (TPSA) is 17.1 Å². The van der Waals surface area contributed by atoms with E-state index in [0.717, 1.165) is 25.7 Å². The zero-order chi connectivity index (χ0) is 13.5. The Morgan fingerprint density at radius 1 is 1.11 bits per heavy atom. The normalized spacial score (nSPS) is 16.8. The quantitative estimate of drug-likeness (QED) is 0.567. The minimum Gasteiger partial charge on any atom is -0.300 e. The summed E-state index contributed by atoms with van der Waals surface area (Å²) in [7, 11) is 0. The molecule has 0 bridgehead atoms. The maximum absolute atomic E-state index is 11.9. The van der Waals surface area contributed by atoms with E-state index in [9.17, 15) is 4.79 Å². The molecule has 0 aromatic heterocycles. The Labute approximate surface area is 117 Å². The van der Waals surface area contributed by atoms with Crippen molar-refractivity contribution in [2.24, 2.45) is 0 Å². The lowest BCUT2D eigenvalue weighted by atomic mass is 9.75. The third kappa shape index (κ3) is 4.19. The zero-order valence-electron chi connectivity index (χ0n) is 12.2. The molecular formula is C18H26O. The van der Waals surface area contributed by atoms with E-state index in [4.69, 9.17) is 0 Å². The van der Waals surface area contributed by atoms with Crippen LogP contribution < -0.4 is 0 Å². The fourth-order valence-corrected chi connectivity index (χ4v) is 3.02. The Kier molecular flexibility index (Phi) is 5.62. The highest BCUT2D eigenvalue weighted by molar-refractivity contribution is 5.79. The van der Waals surface area contributed by atoms with Gasteiger partial charge in [0.1, 0.15) is 5.78 Å². The van der Waals surface area contributed by atoms with Crippen molar-refractivity contribution in [2.45, 2.75) is 70.6 Å². The predicted molar refractivity (Wildman–Crippen MR) is 80.5 cm³/mol. The lowest BCUT2D eigenvalue weighted by Gasteiger charge is -2.29. The van der Waals surface area contributed by atoms with E-state index >= 15 is 0 Å². The van der Waals surface area contributed by atoms with Crippen LogP contribution in [0.5, 0.6) is 0 Å². The van der Waals surface area contributed by atoms with Crippen LogP contribution in [0.3, 0.4) is 0 Å². The average molecular weight is 258 g/mol. The number of fused-ring (bicyclic) bond motifs is 1. The molecule has 1 heteroatoms. The Bertz CT molecular complexity index is 408. The Balaban J connectivity index is 1.59. The molecule has 0 amide bonds. The van der Waals surface area contributed by atoms with Gasteiger partial charge in [-0.25, -0.2) is 0 Å². The summed E-state index contributed by atoms with van der Waals surface area (Å²) in [5, 5.41) is 0. The van der Waals surface area contributed by atoms with Crippen LogP contribution in [0.4, 0.5) is 0 Å². The second kappa shape index (κ2) is 7.47. The molecule has 0 saturated carbocycles. The zero-order valence-corrected chi connectivity index (χ0v) is 12.2. The summed E-state index contributed by atoms with van der Waals surface area (Å²) >= 11 is 0. The minimum atomic E-state index is 0.468. The molecule has 0 aliphatic heterocycles. The summed E-state index contributed by atoms with van der Waals surface area (Å²) in [4.78, 5) is 11.9. The molecule has 2 rings (SSSR count). The molecule has 0 radical (unpaired) electrons. The fourth-order valence-electron chi connectivity index (χ4n) is 3.02. The molecular weight excluding hydrogens is 232 g/mol. The van der Waals surface area contributed by atoms with Crippen molar-refractivity contribution in [3.05, 3.63) is 35.4 Å². The van der Waals surface area contributed by atoms with E-state index in [-0.39, 0.29) is 0 Å². The van der Waals surface area contributed by atoms with Gasteiger partial charge in [0.2, 0.25) is 0 Å². The fraction of sp³-hybridized carbons (Fsp3) is 0.611. The highest BCUT2D eigenvalue weighted by Gasteiger charge is 2.26. The van der Waals surface area contributed by atoms with Crippen molar-refractivity contribution < 1.29 is 4.79 Å². The van der Waals surface area contributed by atoms with E-state index in [1.807, 2.05) is 0 Å². The number of hydrogen-bond donors (Lipinski definition) is 0. The highest BCUT2D eigenvalue weighted by atomic mass is 16.1. The number of carbonyl (C=O) groups excluding carboxylic acids is 1. The van der Waals surface area contributed by atoms with Gasteiger partial charge in [-0.15, -0.1) is 0 Å². The standard InChI is InChI=1S/C18H26O/c1-2-3-4-5-6-7-11-17(19)14-16-13-15-10-8-9-12-18(15)16/h8-10,12,16H,2-7,11,13-14H2,1H3. The summed E-state index contributed by atoms with van der Waals surface area (Å²) in [5.41, 5.74) is 2.86. The van der Waals surface area contributed by atoms with Gasteiger partial charge in [-0.05, 0) is 29.9 Å². The first kappa shape index (κ1) is 14.3. The van der Waals surface area contributed by atoms with Crippen LogP contribution in [-0.2, 0) is 11.2 Å². The van der Waals surface area contributed by atoms with Gasteiger partial charge in [0.05, 0.1) is 0 Å². The van der Waals surface area contributed by atoms with Crippen LogP contribution in [0.2, 0.25) is 0 Å². The van der Waals surface area contributed by atoms with Crippen LogP contribution in [-0.4, -0.2) is 5.78 Å². The molecule has 1 aromatic rings. The van der Waals surface area contributed by atoms with Crippen LogP contribution >= 0.6 is 0 Å². The van der Waals surface area contributed by atoms with Crippen molar-refractivity contribution in [3.63, 3.8) is 0 Å². The SMILES string of the molecule is CCCCCCCCC(=O)CC1Cc2ccccc21. The summed E-state index contributed by atoms with van der Waals surface area (Å²) in [5.74, 6) is 0.985. The number of carbonyl (C=O) groups is 1. The molecule has 0 saturated heterocycles. The summed E-state index contributed by atoms with van der Waals surface area (Å²) in [6.07, 6.45) is 10.3. The van der Waals surface area contributed by atoms with E-state index in [0.29, 0.717) is 11.7 Å². The second-order valence-electron chi connectivity index (χ2n) is 5.86. The van der Waals surface area contributed by atoms with Crippen molar-refractivity contribution in [3.8, 4) is 0 Å².